The van der Waals surface area contributed by atoms with Crippen LogP contribution in [0.1, 0.15) is 114 Å². The monoisotopic (exact) mass is 901 g/mol. The molecule has 0 saturated heterocycles. The Morgan fingerprint density at radius 1 is 0.926 bits per heavy atom. The minimum Gasteiger partial charge on any atom is -0.748 e. The number of halogens is 3. The largest absolute Gasteiger partial charge is 1.00 e. The smallest absolute Gasteiger partial charge is 0.748 e. The summed E-state index contributed by atoms with van der Waals surface area (Å²) in [5.74, 6) is -1.19. The van der Waals surface area contributed by atoms with Crippen LogP contribution in [-0.2, 0) is 25.0 Å². The van der Waals surface area contributed by atoms with Gasteiger partial charge in [0.15, 0.2) is 5.82 Å². The number of carbonyl (C=O) groups excluding carboxylic acids is 1. The molecule has 14 nitrogen and oxygen atoms in total. The van der Waals surface area contributed by atoms with E-state index in [0.29, 0.717) is 57.9 Å². The van der Waals surface area contributed by atoms with Gasteiger partial charge in [-0.1, -0.05) is 25.7 Å². The number of hydrogen-bond donors (Lipinski definition) is 1. The predicted molar refractivity (Wildman–Crippen MR) is 195 cm³/mol. The van der Waals surface area contributed by atoms with Crippen LogP contribution in [0, 0.1) is 17.2 Å². The van der Waals surface area contributed by atoms with E-state index in [-0.39, 0.29) is 157 Å². The second-order valence-electron chi connectivity index (χ2n) is 14.9. The van der Waals surface area contributed by atoms with E-state index >= 15 is 0 Å². The van der Waals surface area contributed by atoms with Crippen molar-refractivity contribution in [1.29, 1.82) is 5.26 Å². The van der Waals surface area contributed by atoms with Gasteiger partial charge in [-0.05, 0) is 83.6 Å². The van der Waals surface area contributed by atoms with Gasteiger partial charge in [0, 0.05) is 29.1 Å². The van der Waals surface area contributed by atoms with Crippen LogP contribution in [0.25, 0.3) is 0 Å². The van der Waals surface area contributed by atoms with Crippen molar-refractivity contribution in [3.8, 4) is 6.07 Å². The molecule has 4 saturated carbocycles. The molecule has 21 heteroatoms. The number of unbranched alkanes of at least 4 members (excludes halogenated alkanes) is 1. The number of azo groups is 1. The van der Waals surface area contributed by atoms with Crippen molar-refractivity contribution in [3.05, 3.63) is 11.8 Å². The molecule has 1 amide bonds. The summed E-state index contributed by atoms with van der Waals surface area (Å²) < 4.78 is 71.0. The van der Waals surface area contributed by atoms with Crippen LogP contribution in [0.15, 0.2) is 16.4 Å². The first-order chi connectivity index (χ1) is 24.6. The van der Waals surface area contributed by atoms with Crippen LogP contribution in [0.4, 0.5) is 5.82 Å². The first-order valence-corrected chi connectivity index (χ1v) is 22.8. The van der Waals surface area contributed by atoms with Crippen molar-refractivity contribution in [2.45, 2.75) is 154 Å². The van der Waals surface area contributed by atoms with Gasteiger partial charge >= 0.3 is 103 Å². The zero-order chi connectivity index (χ0) is 37.6. The van der Waals surface area contributed by atoms with Gasteiger partial charge in [0.1, 0.15) is 11.6 Å². The van der Waals surface area contributed by atoms with E-state index in [1.807, 2.05) is 0 Å². The number of nitriles is 1. The van der Waals surface area contributed by atoms with Gasteiger partial charge in [-0.15, -0.1) is 39.9 Å². The number of nitrogens with zero attached hydrogens (tertiary/aromatic N) is 6. The average Bonchev–Trinajstić information content (AvgIpc) is 3.49. The summed E-state index contributed by atoms with van der Waals surface area (Å²) in [4.78, 5) is 16.2. The number of rotatable bonds is 13. The van der Waals surface area contributed by atoms with Gasteiger partial charge in [0.25, 0.3) is 0 Å². The first kappa shape index (κ1) is 50.1. The van der Waals surface area contributed by atoms with E-state index in [4.69, 9.17) is 39.9 Å². The predicted octanol–water partition coefficient (Wildman–Crippen LogP) is -0.526. The van der Waals surface area contributed by atoms with Crippen LogP contribution in [-0.4, -0.2) is 104 Å². The van der Waals surface area contributed by atoms with Crippen LogP contribution in [0.2, 0.25) is 0 Å². The number of aromatic nitrogens is 2. The van der Waals surface area contributed by atoms with Crippen molar-refractivity contribution in [3.63, 3.8) is 0 Å². The molecule has 0 aliphatic heterocycles. The zero-order valence-corrected chi connectivity index (χ0v) is 41.2. The summed E-state index contributed by atoms with van der Waals surface area (Å²) in [5, 5.41) is 24.5. The van der Waals surface area contributed by atoms with Crippen molar-refractivity contribution >= 4 is 66.8 Å². The Morgan fingerprint density at radius 2 is 1.61 bits per heavy atom. The molecule has 1 aromatic heterocycles. The van der Waals surface area contributed by atoms with Crippen molar-refractivity contribution in [1.82, 2.24) is 20.0 Å². The summed E-state index contributed by atoms with van der Waals surface area (Å²) in [7, 11) is -8.86. The van der Waals surface area contributed by atoms with Crippen molar-refractivity contribution in [2.75, 3.05) is 12.3 Å². The number of amides is 1. The van der Waals surface area contributed by atoms with Crippen molar-refractivity contribution in [2.24, 2.45) is 16.1 Å². The molecule has 0 bridgehead atoms. The Bertz CT molecular complexity index is 1670. The Morgan fingerprint density at radius 3 is 2.24 bits per heavy atom. The Labute approximate surface area is 419 Å². The molecule has 292 valence electrons. The molecule has 0 aromatic carbocycles. The maximum atomic E-state index is 13.8. The van der Waals surface area contributed by atoms with Gasteiger partial charge in [-0.3, -0.25) is 9.69 Å². The molecule has 54 heavy (non-hydrogen) atoms. The molecule has 1 aromatic rings. The summed E-state index contributed by atoms with van der Waals surface area (Å²) in [5.41, 5.74) is 0.189. The summed E-state index contributed by atoms with van der Waals surface area (Å²) in [6.45, 7) is 0.609. The van der Waals surface area contributed by atoms with Crippen LogP contribution in [0.3, 0.4) is 0 Å². The quantitative estimate of drug-likeness (QED) is 0.0880. The molecule has 7 unspecified atom stereocenters. The Hall–Kier alpha value is 1.69. The third-order valence-electron chi connectivity index (χ3n) is 11.3. The maximum absolute atomic E-state index is 13.8. The first-order valence-electron chi connectivity index (χ1n) is 18.4. The molecule has 4 aliphatic carbocycles. The number of nitrogens with one attached hydrogen (secondary N) is 1. The van der Waals surface area contributed by atoms with Gasteiger partial charge in [0.2, 0.25) is 5.91 Å². The third-order valence-corrected chi connectivity index (χ3v) is 14.5. The molecule has 4 aliphatic rings. The number of carbonyl (C=O) groups is 1. The molecule has 0 radical (unpaired) electrons. The van der Waals surface area contributed by atoms with E-state index < -0.39 is 66.0 Å². The average molecular weight is 903 g/mol. The van der Waals surface area contributed by atoms with Gasteiger partial charge < -0.3 is 14.4 Å². The molecular formula is C33H48Cl3K2N7O7S2. The van der Waals surface area contributed by atoms with Crippen LogP contribution in [0.5, 0.6) is 0 Å². The second kappa shape index (κ2) is 23.1. The normalized spacial score (nSPS) is 31.3. The number of alkyl halides is 3. The fraction of sp³-hybridized carbons (Fsp3) is 0.848. The fourth-order valence-corrected chi connectivity index (χ4v) is 11.7. The zero-order valence-electron chi connectivity index (χ0n) is 31.1. The van der Waals surface area contributed by atoms with E-state index in [1.165, 1.54) is 10.9 Å². The molecule has 1 N–H and O–H groups in total. The Balaban J connectivity index is 0.00000392. The maximum Gasteiger partial charge on any atom is 1.00 e. The number of hydrogen-bond acceptors (Lipinski definition) is 12. The molecule has 0 spiro atoms. The van der Waals surface area contributed by atoms with Gasteiger partial charge in [-0.2, -0.15) is 15.5 Å². The van der Waals surface area contributed by atoms with E-state index in [9.17, 15) is 36.0 Å². The molecule has 7 atom stereocenters. The summed E-state index contributed by atoms with van der Waals surface area (Å²) in [6, 6.07) is 0.910. The van der Waals surface area contributed by atoms with Crippen molar-refractivity contribution < 1.29 is 134 Å². The molecular weight excluding hydrogens is 855 g/mol. The second-order valence-corrected chi connectivity index (χ2v) is 19.8. The SMILES string of the molecule is N#Cc1cnn(C2C(Cl)CC(Cl)CC2Cl)c1N=NC1CCC(N(CCCCS(=O)(=O)[O-])C2CCCCC2)CC1NC(=O)C1CCCC(S(=O)(=O)[O-])C1.[K+].[K+]. The van der Waals surface area contributed by atoms with E-state index in [1.54, 1.807) is 0 Å². The Kier molecular flexibility index (Phi) is 21.4. The molecule has 4 fully saturated rings. The van der Waals surface area contributed by atoms with Crippen LogP contribution < -0.4 is 108 Å². The summed E-state index contributed by atoms with van der Waals surface area (Å²) in [6.07, 6.45) is 11.3. The fourth-order valence-electron chi connectivity index (χ4n) is 8.60. The summed E-state index contributed by atoms with van der Waals surface area (Å²) >= 11 is 19.8. The van der Waals surface area contributed by atoms with E-state index in [2.05, 4.69) is 26.5 Å². The van der Waals surface area contributed by atoms with Gasteiger partial charge in [-0.25, -0.2) is 21.5 Å². The van der Waals surface area contributed by atoms with Gasteiger partial charge in [0.05, 0.1) is 60.6 Å². The molecule has 5 rings (SSSR count). The molecule has 1 heterocycles. The van der Waals surface area contributed by atoms with Crippen LogP contribution >= 0.6 is 34.8 Å². The van der Waals surface area contributed by atoms with E-state index in [0.717, 1.165) is 32.1 Å². The topological polar surface area (TPSA) is 213 Å². The minimum absolute atomic E-state index is 0. The standard InChI is InChI=1S/C33H50Cl3N7O7S2.2K/c34-23-16-27(35)31(28(36)17-23)43-32(22(19-37)20-38-43)41-40-29-12-11-25(42(24-8-2-1-3-9-24)13-4-5-14-51(45,46)47)18-30(29)39-33(44)21-7-6-10-26(15-21)52(48,49)50;;/h20-21,23-31H,1-18H2,(H,39,44)(H,45,46,47)(H,48,49,50);;/q;2*+1/p-2. The minimum atomic E-state index is -4.54. The third kappa shape index (κ3) is 14.1.